The number of hydrogen-bond acceptors (Lipinski definition) is 5. The number of carbonyl (C=O) groups is 1. The van der Waals surface area contributed by atoms with Crippen LogP contribution in [-0.4, -0.2) is 36.7 Å². The molecule has 0 aliphatic carbocycles. The van der Waals surface area contributed by atoms with Gasteiger partial charge in [-0.1, -0.05) is 13.0 Å². The molecule has 2 unspecified atom stereocenters. The van der Waals surface area contributed by atoms with E-state index >= 15 is 0 Å². The topological polar surface area (TPSA) is 91.0 Å². The second-order valence-corrected chi connectivity index (χ2v) is 6.07. The van der Waals surface area contributed by atoms with Crippen molar-refractivity contribution < 1.29 is 63.6 Å². The maximum Gasteiger partial charge on any atom is 0.573 e. The number of halogens is 9. The molecule has 15 heteroatoms. The lowest BCUT2D eigenvalue weighted by molar-refractivity contribution is -0.293. The molecule has 1 aromatic carbocycles. The molecule has 6 nitrogen and oxygen atoms in total. The summed E-state index contributed by atoms with van der Waals surface area (Å²) in [5.41, 5.74) is 4.62. The van der Waals surface area contributed by atoms with Crippen LogP contribution >= 0.6 is 0 Å². The van der Waals surface area contributed by atoms with Crippen LogP contribution in [0.3, 0.4) is 0 Å². The van der Waals surface area contributed by atoms with Crippen LogP contribution < -0.4 is 19.9 Å². The first-order valence-corrected chi connectivity index (χ1v) is 8.34. The van der Waals surface area contributed by atoms with Gasteiger partial charge >= 0.3 is 25.1 Å². The SMILES string of the molecule is CCC(CC(CN)C(=O)O)c1ccc(OC(F)(F)F)c(OC(F)(F)F)c1OC(F)(F)F. The minimum atomic E-state index is -5.71. The van der Waals surface area contributed by atoms with Gasteiger partial charge in [-0.25, -0.2) is 0 Å². The molecule has 1 rings (SSSR count). The Morgan fingerprint density at radius 2 is 1.42 bits per heavy atom. The van der Waals surface area contributed by atoms with Crippen molar-refractivity contribution in [2.24, 2.45) is 11.7 Å². The normalized spacial score (nSPS) is 14.7. The lowest BCUT2D eigenvalue weighted by atomic mass is 9.86. The molecule has 0 aliphatic heterocycles. The zero-order valence-corrected chi connectivity index (χ0v) is 15.5. The van der Waals surface area contributed by atoms with Gasteiger partial charge in [0.15, 0.2) is 11.5 Å². The number of alkyl halides is 9. The molecule has 0 heterocycles. The van der Waals surface area contributed by atoms with Gasteiger partial charge in [0.2, 0.25) is 5.75 Å². The summed E-state index contributed by atoms with van der Waals surface area (Å²) >= 11 is 0. The predicted molar refractivity (Wildman–Crippen MR) is 84.3 cm³/mol. The van der Waals surface area contributed by atoms with Crippen LogP contribution in [0.2, 0.25) is 0 Å². The Bertz CT molecular complexity index is 762. The Kier molecular flexibility index (Phi) is 8.28. The first-order valence-electron chi connectivity index (χ1n) is 8.34. The standard InChI is InChI=1S/C16H16F9NO5/c1-2-7(5-8(6-26)13(27)28)9-3-4-10(29-14(17,18)19)12(31-16(23,24)25)11(9)30-15(20,21)22/h3-4,7-8H,2,5-6,26H2,1H3,(H,27,28). The van der Waals surface area contributed by atoms with Crippen LogP contribution in [0.25, 0.3) is 0 Å². The molecule has 178 valence electrons. The smallest absolute Gasteiger partial charge is 0.481 e. The summed E-state index contributed by atoms with van der Waals surface area (Å²) in [4.78, 5) is 11.2. The molecule has 0 aliphatic rings. The van der Waals surface area contributed by atoms with E-state index in [4.69, 9.17) is 10.8 Å². The van der Waals surface area contributed by atoms with Crippen LogP contribution in [0.15, 0.2) is 12.1 Å². The fourth-order valence-corrected chi connectivity index (χ4v) is 2.67. The van der Waals surface area contributed by atoms with Gasteiger partial charge in [-0.2, -0.15) is 0 Å². The summed E-state index contributed by atoms with van der Waals surface area (Å²) in [6.07, 6.45) is -17.5. The van der Waals surface area contributed by atoms with Crippen molar-refractivity contribution in [2.45, 2.75) is 44.8 Å². The number of carboxylic acids is 1. The van der Waals surface area contributed by atoms with E-state index in [2.05, 4.69) is 14.2 Å². The first kappa shape index (κ1) is 26.5. The molecule has 0 aromatic heterocycles. The summed E-state index contributed by atoms with van der Waals surface area (Å²) in [6.45, 7) is 0.907. The van der Waals surface area contributed by atoms with E-state index in [1.807, 2.05) is 0 Å². The molecular weight excluding hydrogens is 457 g/mol. The molecule has 0 amide bonds. The number of rotatable bonds is 9. The number of aliphatic carboxylic acids is 1. The van der Waals surface area contributed by atoms with Crippen LogP contribution in [0.5, 0.6) is 17.2 Å². The number of benzene rings is 1. The third-order valence-electron chi connectivity index (χ3n) is 3.90. The summed E-state index contributed by atoms with van der Waals surface area (Å²) in [5.74, 6) is -9.42. The highest BCUT2D eigenvalue weighted by atomic mass is 19.4. The lowest BCUT2D eigenvalue weighted by Crippen LogP contribution is -2.27. The van der Waals surface area contributed by atoms with E-state index < -0.39 is 72.7 Å². The molecule has 0 spiro atoms. The summed E-state index contributed by atoms with van der Waals surface area (Å²) in [6, 6.07) is 0.920. The minimum absolute atomic E-state index is 0.122. The van der Waals surface area contributed by atoms with E-state index in [0.29, 0.717) is 12.1 Å². The molecular formula is C16H16F9NO5. The molecule has 0 saturated carbocycles. The maximum absolute atomic E-state index is 12.9. The van der Waals surface area contributed by atoms with E-state index in [1.54, 1.807) is 0 Å². The minimum Gasteiger partial charge on any atom is -0.481 e. The van der Waals surface area contributed by atoms with Gasteiger partial charge < -0.3 is 25.1 Å². The van der Waals surface area contributed by atoms with Crippen molar-refractivity contribution in [3.8, 4) is 17.2 Å². The zero-order chi connectivity index (χ0) is 24.2. The molecule has 2 atom stereocenters. The highest BCUT2D eigenvalue weighted by molar-refractivity contribution is 5.70. The number of carboxylic acid groups (broad SMARTS) is 1. The average molecular weight is 473 g/mol. The Balaban J connectivity index is 3.72. The quantitative estimate of drug-likeness (QED) is 0.495. The summed E-state index contributed by atoms with van der Waals surface area (Å²) in [7, 11) is 0. The van der Waals surface area contributed by atoms with Crippen LogP contribution in [0.4, 0.5) is 39.5 Å². The zero-order valence-electron chi connectivity index (χ0n) is 15.5. The number of nitrogens with two attached hydrogens (primary N) is 1. The third-order valence-corrected chi connectivity index (χ3v) is 3.90. The Morgan fingerprint density at radius 3 is 1.81 bits per heavy atom. The highest BCUT2D eigenvalue weighted by Gasteiger charge is 2.42. The van der Waals surface area contributed by atoms with E-state index in [-0.39, 0.29) is 6.42 Å². The Hall–Kier alpha value is -2.58. The molecule has 1 aromatic rings. The van der Waals surface area contributed by atoms with Crippen molar-refractivity contribution >= 4 is 5.97 Å². The van der Waals surface area contributed by atoms with Gasteiger partial charge in [-0.3, -0.25) is 4.79 Å². The maximum atomic E-state index is 12.9. The van der Waals surface area contributed by atoms with Crippen molar-refractivity contribution in [3.63, 3.8) is 0 Å². The fourth-order valence-electron chi connectivity index (χ4n) is 2.67. The average Bonchev–Trinajstić information content (AvgIpc) is 2.56. The number of ether oxygens (including phenoxy) is 3. The van der Waals surface area contributed by atoms with Crippen molar-refractivity contribution in [1.29, 1.82) is 0 Å². The highest BCUT2D eigenvalue weighted by Crippen LogP contribution is 2.49. The molecule has 31 heavy (non-hydrogen) atoms. The van der Waals surface area contributed by atoms with Gasteiger partial charge in [-0.15, -0.1) is 39.5 Å². The van der Waals surface area contributed by atoms with Gasteiger partial charge in [0.25, 0.3) is 0 Å². The molecule has 0 fully saturated rings. The van der Waals surface area contributed by atoms with Gasteiger partial charge in [0, 0.05) is 12.1 Å². The van der Waals surface area contributed by atoms with Crippen LogP contribution in [-0.2, 0) is 4.79 Å². The number of hydrogen-bond donors (Lipinski definition) is 2. The Morgan fingerprint density at radius 1 is 0.935 bits per heavy atom. The van der Waals surface area contributed by atoms with Crippen LogP contribution in [0.1, 0.15) is 31.2 Å². The van der Waals surface area contributed by atoms with Gasteiger partial charge in [0.1, 0.15) is 0 Å². The van der Waals surface area contributed by atoms with Crippen molar-refractivity contribution in [1.82, 2.24) is 0 Å². The second kappa shape index (κ2) is 9.70. The molecule has 0 saturated heterocycles. The van der Waals surface area contributed by atoms with Gasteiger partial charge in [-0.05, 0) is 24.8 Å². The van der Waals surface area contributed by atoms with E-state index in [0.717, 1.165) is 0 Å². The molecule has 0 bridgehead atoms. The van der Waals surface area contributed by atoms with Crippen LogP contribution in [0, 0.1) is 5.92 Å². The third kappa shape index (κ3) is 8.59. The second-order valence-electron chi connectivity index (χ2n) is 6.07. The summed E-state index contributed by atoms with van der Waals surface area (Å²) < 4.78 is 125. The monoisotopic (exact) mass is 473 g/mol. The Labute approximate surface area is 168 Å². The van der Waals surface area contributed by atoms with Crippen molar-refractivity contribution in [2.75, 3.05) is 6.54 Å². The van der Waals surface area contributed by atoms with E-state index in [1.165, 1.54) is 6.92 Å². The summed E-state index contributed by atoms with van der Waals surface area (Å²) in [5, 5.41) is 9.09. The van der Waals surface area contributed by atoms with Crippen molar-refractivity contribution in [3.05, 3.63) is 17.7 Å². The lowest BCUT2D eigenvalue weighted by Gasteiger charge is -2.26. The predicted octanol–water partition coefficient (Wildman–Crippen LogP) is 4.93. The van der Waals surface area contributed by atoms with Gasteiger partial charge in [0.05, 0.1) is 5.92 Å². The molecule has 0 radical (unpaired) electrons. The fraction of sp³-hybridized carbons (Fsp3) is 0.562. The van der Waals surface area contributed by atoms with E-state index in [9.17, 15) is 44.3 Å². The largest absolute Gasteiger partial charge is 0.573 e. The molecule has 3 N–H and O–H groups in total. The first-order chi connectivity index (χ1) is 14.0.